The Bertz CT molecular complexity index is 3190. The average molecular weight is 765 g/mol. The molecule has 0 aliphatic heterocycles. The molecular weight excluding hydrogens is 733 g/mol. The minimum Gasteiger partial charge on any atom is -0.264 e. The maximum absolute atomic E-state index is 5.31. The number of fused-ring (bicyclic) bond motifs is 6. The van der Waals surface area contributed by atoms with E-state index < -0.39 is 0 Å². The largest absolute Gasteiger partial charge is 0.264 e. The highest BCUT2D eigenvalue weighted by molar-refractivity contribution is 7.26. The number of rotatable bonds is 6. The highest BCUT2D eigenvalue weighted by atomic mass is 32.1. The molecule has 0 bridgehead atoms. The zero-order valence-corrected chi connectivity index (χ0v) is 32.5. The molecule has 0 saturated heterocycles. The van der Waals surface area contributed by atoms with Crippen LogP contribution in [0.2, 0.25) is 0 Å². The summed E-state index contributed by atoms with van der Waals surface area (Å²) < 4.78 is 5.15. The van der Waals surface area contributed by atoms with Crippen molar-refractivity contribution in [3.63, 3.8) is 0 Å². The molecule has 57 heavy (non-hydrogen) atoms. The van der Waals surface area contributed by atoms with Crippen LogP contribution in [0.4, 0.5) is 0 Å². The molecule has 11 aromatic rings. The molecule has 0 amide bonds. The van der Waals surface area contributed by atoms with Crippen LogP contribution in [0.15, 0.2) is 176 Å². The highest BCUT2D eigenvalue weighted by Crippen LogP contribution is 2.41. The van der Waals surface area contributed by atoms with Crippen molar-refractivity contribution in [3.8, 4) is 67.5 Å². The molecule has 0 saturated carbocycles. The second kappa shape index (κ2) is 13.7. The van der Waals surface area contributed by atoms with Crippen LogP contribution < -0.4 is 0 Å². The summed E-state index contributed by atoms with van der Waals surface area (Å²) in [7, 11) is 0. The molecule has 0 spiro atoms. The summed E-state index contributed by atoms with van der Waals surface area (Å²) in [6.45, 7) is 2.11. The fourth-order valence-electron chi connectivity index (χ4n) is 7.92. The summed E-state index contributed by atoms with van der Waals surface area (Å²) in [5.74, 6) is 1.87. The quantitative estimate of drug-likeness (QED) is 0.169. The van der Waals surface area contributed by atoms with Crippen molar-refractivity contribution < 1.29 is 0 Å². The van der Waals surface area contributed by atoms with Crippen molar-refractivity contribution in [2.45, 2.75) is 6.92 Å². The van der Waals surface area contributed by atoms with E-state index in [0.29, 0.717) is 17.5 Å². The van der Waals surface area contributed by atoms with Crippen molar-refractivity contribution in [2.24, 2.45) is 0 Å². The summed E-state index contributed by atoms with van der Waals surface area (Å²) in [4.78, 5) is 20.2. The van der Waals surface area contributed by atoms with Gasteiger partial charge in [0.05, 0.1) is 0 Å². The van der Waals surface area contributed by atoms with E-state index in [1.165, 1.54) is 40.3 Å². The number of thiophene rings is 2. The number of hydrogen-bond acceptors (Lipinski definition) is 6. The van der Waals surface area contributed by atoms with Crippen molar-refractivity contribution in [3.05, 3.63) is 182 Å². The molecule has 268 valence electrons. The summed E-state index contributed by atoms with van der Waals surface area (Å²) >= 11 is 3.68. The molecule has 4 heterocycles. The third kappa shape index (κ3) is 5.98. The molecule has 11 rings (SSSR count). The predicted molar refractivity (Wildman–Crippen MR) is 241 cm³/mol. The second-order valence-corrected chi connectivity index (χ2v) is 16.5. The Labute approximate surface area is 337 Å². The molecule has 6 heteroatoms. The summed E-state index contributed by atoms with van der Waals surface area (Å²) in [6, 6.07) is 58.5. The smallest absolute Gasteiger partial charge is 0.164 e. The number of benzene rings is 7. The monoisotopic (exact) mass is 764 g/mol. The fraction of sp³-hybridized carbons (Fsp3) is 0.0196. The van der Waals surface area contributed by atoms with Gasteiger partial charge in [0, 0.05) is 75.0 Å². The Balaban J connectivity index is 1.16. The second-order valence-electron chi connectivity index (χ2n) is 14.3. The van der Waals surface area contributed by atoms with Gasteiger partial charge in [-0.3, -0.25) is 4.98 Å². The average Bonchev–Trinajstić information content (AvgIpc) is 3.84. The van der Waals surface area contributed by atoms with Crippen LogP contribution in [0.1, 0.15) is 5.56 Å². The van der Waals surface area contributed by atoms with Crippen LogP contribution in [-0.2, 0) is 0 Å². The van der Waals surface area contributed by atoms with Crippen LogP contribution in [0.3, 0.4) is 0 Å². The lowest BCUT2D eigenvalue weighted by Gasteiger charge is -2.14. The number of aromatic nitrogens is 4. The van der Waals surface area contributed by atoms with Crippen molar-refractivity contribution in [1.29, 1.82) is 0 Å². The fourth-order valence-corrected chi connectivity index (χ4v) is 10.1. The minimum absolute atomic E-state index is 0.613. The van der Waals surface area contributed by atoms with E-state index in [1.807, 2.05) is 53.1 Å². The van der Waals surface area contributed by atoms with Gasteiger partial charge in [0.1, 0.15) is 0 Å². The highest BCUT2D eigenvalue weighted by Gasteiger charge is 2.19. The zero-order valence-electron chi connectivity index (χ0n) is 30.8. The maximum atomic E-state index is 5.31. The van der Waals surface area contributed by atoms with E-state index in [2.05, 4.69) is 151 Å². The standard InChI is InChI=1S/C51H32N4S2/c1-31-11-2-3-13-38(31)50-53-49(54-51(55-50)42-17-5-4-14-39(42)34-12-10-24-52-30-34)37-26-35(32-20-22-47-43(28-32)40-15-6-8-18-45(40)56-47)25-36(27-37)33-21-23-48-44(29-33)41-16-7-9-19-46(41)57-48/h2-30H,1H3. The van der Waals surface area contributed by atoms with Gasteiger partial charge in [0.15, 0.2) is 17.5 Å². The topological polar surface area (TPSA) is 51.6 Å². The van der Waals surface area contributed by atoms with Gasteiger partial charge in [-0.15, -0.1) is 22.7 Å². The molecule has 0 unspecified atom stereocenters. The lowest BCUT2D eigenvalue weighted by atomic mass is 9.94. The Morgan fingerprint density at radius 2 is 0.860 bits per heavy atom. The Kier molecular flexibility index (Phi) is 8.05. The molecule has 0 radical (unpaired) electrons. The number of nitrogens with zero attached hydrogens (tertiary/aromatic N) is 4. The first kappa shape index (κ1) is 33.5. The minimum atomic E-state index is 0.613. The first-order valence-electron chi connectivity index (χ1n) is 18.9. The number of aryl methyl sites for hydroxylation is 1. The van der Waals surface area contributed by atoms with Crippen molar-refractivity contribution in [2.75, 3.05) is 0 Å². The molecular formula is C51H32N4S2. The Morgan fingerprint density at radius 3 is 1.47 bits per heavy atom. The van der Waals surface area contributed by atoms with Crippen molar-refractivity contribution >= 4 is 63.0 Å². The third-order valence-corrected chi connectivity index (χ3v) is 13.1. The van der Waals surface area contributed by atoms with E-state index in [1.54, 1.807) is 6.20 Å². The SMILES string of the molecule is Cc1ccccc1-c1nc(-c2cc(-c3ccc4sc5ccccc5c4c3)cc(-c3ccc4sc5ccccc5c4c3)c2)nc(-c2ccccc2-c2cccnc2)n1. The molecule has 7 aromatic carbocycles. The molecule has 0 fully saturated rings. The van der Waals surface area contributed by atoms with Crippen LogP contribution in [0, 0.1) is 6.92 Å². The van der Waals surface area contributed by atoms with Crippen LogP contribution in [0.25, 0.3) is 108 Å². The first-order valence-corrected chi connectivity index (χ1v) is 20.6. The van der Waals surface area contributed by atoms with Crippen LogP contribution in [0.5, 0.6) is 0 Å². The first-order chi connectivity index (χ1) is 28.1. The van der Waals surface area contributed by atoms with Gasteiger partial charge in [-0.05, 0) is 101 Å². The van der Waals surface area contributed by atoms with Crippen LogP contribution in [-0.4, -0.2) is 19.9 Å². The van der Waals surface area contributed by atoms with Gasteiger partial charge in [0.25, 0.3) is 0 Å². The summed E-state index contributed by atoms with van der Waals surface area (Å²) in [5.41, 5.74) is 10.4. The van der Waals surface area contributed by atoms with Gasteiger partial charge in [-0.1, -0.05) is 103 Å². The summed E-state index contributed by atoms with van der Waals surface area (Å²) in [5, 5.41) is 5.09. The van der Waals surface area contributed by atoms with Gasteiger partial charge in [0.2, 0.25) is 0 Å². The normalized spacial score (nSPS) is 11.6. The summed E-state index contributed by atoms with van der Waals surface area (Å²) in [6.07, 6.45) is 3.69. The zero-order chi connectivity index (χ0) is 37.9. The molecule has 4 nitrogen and oxygen atoms in total. The van der Waals surface area contributed by atoms with E-state index in [-0.39, 0.29) is 0 Å². The van der Waals surface area contributed by atoms with E-state index in [0.717, 1.165) is 55.6 Å². The molecule has 0 N–H and O–H groups in total. The van der Waals surface area contributed by atoms with E-state index in [9.17, 15) is 0 Å². The number of hydrogen-bond donors (Lipinski definition) is 0. The molecule has 0 atom stereocenters. The van der Waals surface area contributed by atoms with Gasteiger partial charge in [-0.25, -0.2) is 15.0 Å². The van der Waals surface area contributed by atoms with Crippen molar-refractivity contribution in [1.82, 2.24) is 19.9 Å². The molecule has 4 aromatic heterocycles. The Morgan fingerprint density at radius 1 is 0.351 bits per heavy atom. The van der Waals surface area contributed by atoms with Gasteiger partial charge >= 0.3 is 0 Å². The number of pyridine rings is 1. The van der Waals surface area contributed by atoms with Gasteiger partial charge < -0.3 is 0 Å². The van der Waals surface area contributed by atoms with E-state index in [4.69, 9.17) is 15.0 Å². The molecule has 0 aliphatic rings. The predicted octanol–water partition coefficient (Wildman–Crippen LogP) is 14.3. The third-order valence-electron chi connectivity index (χ3n) is 10.8. The van der Waals surface area contributed by atoms with E-state index >= 15 is 0 Å². The van der Waals surface area contributed by atoms with Crippen LogP contribution >= 0.6 is 22.7 Å². The maximum Gasteiger partial charge on any atom is 0.164 e. The lowest BCUT2D eigenvalue weighted by molar-refractivity contribution is 1.07. The lowest BCUT2D eigenvalue weighted by Crippen LogP contribution is -2.02. The van der Waals surface area contributed by atoms with Gasteiger partial charge in [-0.2, -0.15) is 0 Å². The molecule has 0 aliphatic carbocycles. The Hall–Kier alpha value is -6.86.